The van der Waals surface area contributed by atoms with E-state index < -0.39 is 15.8 Å². The number of aromatic nitrogens is 2. The van der Waals surface area contributed by atoms with Crippen molar-refractivity contribution in [1.29, 1.82) is 0 Å². The first kappa shape index (κ1) is 21.4. The van der Waals surface area contributed by atoms with Crippen molar-refractivity contribution in [2.75, 3.05) is 0 Å². The van der Waals surface area contributed by atoms with Gasteiger partial charge in [-0.05, 0) is 67.0 Å². The van der Waals surface area contributed by atoms with Crippen molar-refractivity contribution in [2.45, 2.75) is 43.7 Å². The molecule has 0 fully saturated rings. The maximum absolute atomic E-state index is 13.4. The molecular formula is C22H20FN3O3S3. The highest BCUT2D eigenvalue weighted by molar-refractivity contribution is 7.89. The Hall–Kier alpha value is -2.40. The number of nitrogens with one attached hydrogen (secondary N) is 1. The van der Waals surface area contributed by atoms with E-state index in [9.17, 15) is 17.6 Å². The predicted molar refractivity (Wildman–Crippen MR) is 124 cm³/mol. The van der Waals surface area contributed by atoms with Crippen molar-refractivity contribution >= 4 is 42.9 Å². The first-order chi connectivity index (χ1) is 15.4. The number of rotatable bonds is 6. The van der Waals surface area contributed by atoms with Gasteiger partial charge >= 0.3 is 0 Å². The second-order valence-electron chi connectivity index (χ2n) is 7.71. The van der Waals surface area contributed by atoms with Gasteiger partial charge in [-0.2, -0.15) is 4.31 Å². The van der Waals surface area contributed by atoms with Crippen LogP contribution in [-0.2, 0) is 36.0 Å². The minimum Gasteiger partial charge on any atom is -0.309 e. The molecule has 3 aromatic heterocycles. The van der Waals surface area contributed by atoms with Crippen LogP contribution in [-0.4, -0.2) is 22.7 Å². The first-order valence-electron chi connectivity index (χ1n) is 10.2. The van der Waals surface area contributed by atoms with Crippen molar-refractivity contribution in [3.05, 3.63) is 79.1 Å². The molecule has 32 heavy (non-hydrogen) atoms. The molecule has 0 radical (unpaired) electrons. The van der Waals surface area contributed by atoms with Gasteiger partial charge in [-0.25, -0.2) is 17.8 Å². The fourth-order valence-corrected chi connectivity index (χ4v) is 7.47. The van der Waals surface area contributed by atoms with E-state index in [1.54, 1.807) is 0 Å². The molecule has 5 rings (SSSR count). The van der Waals surface area contributed by atoms with Crippen molar-refractivity contribution in [2.24, 2.45) is 0 Å². The highest BCUT2D eigenvalue weighted by atomic mass is 32.2. The summed E-state index contributed by atoms with van der Waals surface area (Å²) in [6.07, 6.45) is 4.00. The molecule has 166 valence electrons. The third-order valence-electron chi connectivity index (χ3n) is 5.56. The number of hydrogen-bond acceptors (Lipinski definition) is 6. The second-order valence-corrected chi connectivity index (χ2v) is 11.8. The number of aryl methyl sites for hydroxylation is 2. The van der Waals surface area contributed by atoms with Gasteiger partial charge in [0.25, 0.3) is 5.56 Å². The average molecular weight is 490 g/mol. The lowest BCUT2D eigenvalue weighted by Crippen LogP contribution is -2.31. The van der Waals surface area contributed by atoms with Crippen molar-refractivity contribution < 1.29 is 12.8 Å². The number of H-pyrrole nitrogens is 1. The van der Waals surface area contributed by atoms with E-state index in [2.05, 4.69) is 9.97 Å². The molecule has 1 aliphatic rings. The smallest absolute Gasteiger partial charge is 0.259 e. The summed E-state index contributed by atoms with van der Waals surface area (Å²) < 4.78 is 41.4. The zero-order valence-electron chi connectivity index (χ0n) is 17.0. The van der Waals surface area contributed by atoms with Crippen LogP contribution in [0.4, 0.5) is 4.39 Å². The Morgan fingerprint density at radius 1 is 1.09 bits per heavy atom. The third-order valence-corrected chi connectivity index (χ3v) is 9.42. The molecule has 10 heteroatoms. The van der Waals surface area contributed by atoms with E-state index in [-0.39, 0.29) is 23.5 Å². The lowest BCUT2D eigenvalue weighted by molar-refractivity contribution is 0.395. The fraction of sp³-hybridized carbons (Fsp3) is 0.273. The Bertz CT molecular complexity index is 1430. The number of thiophene rings is 2. The van der Waals surface area contributed by atoms with Gasteiger partial charge < -0.3 is 4.98 Å². The number of aromatic amines is 1. The summed E-state index contributed by atoms with van der Waals surface area (Å²) in [6.45, 7) is 0.0332. The summed E-state index contributed by atoms with van der Waals surface area (Å²) in [7, 11) is -3.95. The summed E-state index contributed by atoms with van der Waals surface area (Å²) in [5, 5.41) is 2.51. The molecule has 6 nitrogen and oxygen atoms in total. The molecule has 4 aromatic rings. The standard InChI is InChI=1S/C22H20FN3O3S3/c23-14-7-9-16(10-8-14)32(28,29)26(12-15-4-3-11-30-15)13-19-24-21(27)20-17-5-1-2-6-18(17)31-22(20)25-19/h3-4,7-11H,1-2,5-6,12-13H2,(H,24,25,27). The highest BCUT2D eigenvalue weighted by Gasteiger charge is 2.27. The van der Waals surface area contributed by atoms with E-state index >= 15 is 0 Å². The molecule has 3 heterocycles. The molecule has 0 saturated carbocycles. The topological polar surface area (TPSA) is 83.1 Å². The molecule has 0 atom stereocenters. The van der Waals surface area contributed by atoms with Crippen LogP contribution in [0.3, 0.4) is 0 Å². The van der Waals surface area contributed by atoms with Crippen molar-refractivity contribution in [3.63, 3.8) is 0 Å². The SMILES string of the molecule is O=c1[nH]c(CN(Cc2cccs2)S(=O)(=O)c2ccc(F)cc2)nc2sc3c(c12)CCCC3. The lowest BCUT2D eigenvalue weighted by Gasteiger charge is -2.21. The fourth-order valence-electron chi connectivity index (χ4n) is 4.01. The maximum atomic E-state index is 13.4. The molecule has 0 amide bonds. The van der Waals surface area contributed by atoms with Crippen LogP contribution in [0.5, 0.6) is 0 Å². The van der Waals surface area contributed by atoms with Crippen LogP contribution in [0, 0.1) is 5.82 Å². The minimum absolute atomic E-state index is 0.00883. The Morgan fingerprint density at radius 3 is 2.62 bits per heavy atom. The summed E-state index contributed by atoms with van der Waals surface area (Å²) in [6, 6.07) is 8.45. The molecule has 0 bridgehead atoms. The monoisotopic (exact) mass is 489 g/mol. The summed E-state index contributed by atoms with van der Waals surface area (Å²) in [4.78, 5) is 23.0. The minimum atomic E-state index is -3.95. The Balaban J connectivity index is 1.54. The molecule has 0 spiro atoms. The molecule has 0 aliphatic heterocycles. The summed E-state index contributed by atoms with van der Waals surface area (Å²) in [5.41, 5.74) is 0.866. The van der Waals surface area contributed by atoms with Crippen LogP contribution in [0.1, 0.15) is 34.0 Å². The Kier molecular flexibility index (Phi) is 5.70. The van der Waals surface area contributed by atoms with E-state index in [1.807, 2.05) is 17.5 Å². The number of benzene rings is 1. The predicted octanol–water partition coefficient (Wildman–Crippen LogP) is 4.46. The number of fused-ring (bicyclic) bond motifs is 3. The molecule has 1 aromatic carbocycles. The van der Waals surface area contributed by atoms with Gasteiger partial charge in [-0.1, -0.05) is 6.07 Å². The normalized spacial score (nSPS) is 14.2. The average Bonchev–Trinajstić information content (AvgIpc) is 3.41. The van der Waals surface area contributed by atoms with Crippen LogP contribution in [0.2, 0.25) is 0 Å². The van der Waals surface area contributed by atoms with Crippen LogP contribution < -0.4 is 5.56 Å². The number of hydrogen-bond donors (Lipinski definition) is 1. The second kappa shape index (κ2) is 8.51. The quantitative estimate of drug-likeness (QED) is 0.434. The lowest BCUT2D eigenvalue weighted by atomic mass is 9.97. The molecule has 1 aliphatic carbocycles. The van der Waals surface area contributed by atoms with Gasteiger partial charge in [0, 0.05) is 16.3 Å². The van der Waals surface area contributed by atoms with Crippen LogP contribution >= 0.6 is 22.7 Å². The van der Waals surface area contributed by atoms with Gasteiger partial charge in [-0.15, -0.1) is 22.7 Å². The summed E-state index contributed by atoms with van der Waals surface area (Å²) >= 11 is 2.97. The molecular weight excluding hydrogens is 469 g/mol. The van der Waals surface area contributed by atoms with Crippen LogP contribution in [0.25, 0.3) is 10.2 Å². The largest absolute Gasteiger partial charge is 0.309 e. The maximum Gasteiger partial charge on any atom is 0.259 e. The van der Waals surface area contributed by atoms with E-state index in [0.29, 0.717) is 16.0 Å². The van der Waals surface area contributed by atoms with Gasteiger partial charge in [0.1, 0.15) is 16.5 Å². The molecule has 0 unspecified atom stereocenters. The number of nitrogens with zero attached hydrogens (tertiary/aromatic N) is 2. The molecule has 0 saturated heterocycles. The Labute approximate surface area is 192 Å². The molecule has 1 N–H and O–H groups in total. The third kappa shape index (κ3) is 4.03. The van der Waals surface area contributed by atoms with Gasteiger partial charge in [-0.3, -0.25) is 4.79 Å². The van der Waals surface area contributed by atoms with Gasteiger partial charge in [0.15, 0.2) is 0 Å². The number of sulfonamides is 1. The van der Waals surface area contributed by atoms with Crippen LogP contribution in [0.15, 0.2) is 51.5 Å². The Morgan fingerprint density at radius 2 is 1.88 bits per heavy atom. The summed E-state index contributed by atoms with van der Waals surface area (Å²) in [5.74, 6) is -0.213. The zero-order valence-corrected chi connectivity index (χ0v) is 19.5. The van der Waals surface area contributed by atoms with Crippen molar-refractivity contribution in [1.82, 2.24) is 14.3 Å². The number of halogens is 1. The highest BCUT2D eigenvalue weighted by Crippen LogP contribution is 2.33. The van der Waals surface area contributed by atoms with Gasteiger partial charge in [0.2, 0.25) is 10.0 Å². The van der Waals surface area contributed by atoms with E-state index in [4.69, 9.17) is 0 Å². The first-order valence-corrected chi connectivity index (χ1v) is 13.4. The zero-order chi connectivity index (χ0) is 22.3. The van der Waals surface area contributed by atoms with Gasteiger partial charge in [0.05, 0.1) is 16.8 Å². The van der Waals surface area contributed by atoms with E-state index in [1.165, 1.54) is 44.0 Å². The van der Waals surface area contributed by atoms with E-state index in [0.717, 1.165) is 48.3 Å². The van der Waals surface area contributed by atoms with Crippen molar-refractivity contribution in [3.8, 4) is 0 Å².